The van der Waals surface area contributed by atoms with E-state index in [9.17, 15) is 5.11 Å². The van der Waals surface area contributed by atoms with Gasteiger partial charge in [0.25, 0.3) is 0 Å². The molecule has 0 saturated carbocycles. The van der Waals surface area contributed by atoms with Gasteiger partial charge in [0.05, 0.1) is 30.8 Å². The van der Waals surface area contributed by atoms with E-state index in [-0.39, 0.29) is 40.1 Å². The van der Waals surface area contributed by atoms with Crippen LogP contribution in [0.15, 0.2) is 109 Å². The van der Waals surface area contributed by atoms with Crippen molar-refractivity contribution in [3.63, 3.8) is 0 Å². The number of hydrogen-bond donors (Lipinski definition) is 1. The number of phenolic OH excluding ortho intramolecular Hbond substituents is 1. The average Bonchev–Trinajstić information content (AvgIpc) is 3.45. The van der Waals surface area contributed by atoms with Crippen molar-refractivity contribution in [2.24, 2.45) is 0 Å². The smallest absolute Gasteiger partial charge is 0.117 e. The maximum atomic E-state index is 10.9. The van der Waals surface area contributed by atoms with Crippen molar-refractivity contribution in [3.05, 3.63) is 126 Å². The van der Waals surface area contributed by atoms with Crippen molar-refractivity contribution in [2.75, 3.05) is 16.5 Å². The minimum Gasteiger partial charge on any atom is -0.508 e. The van der Waals surface area contributed by atoms with Crippen LogP contribution in [0.5, 0.6) is 5.75 Å². The lowest BCUT2D eigenvalue weighted by atomic mass is 9.86. The fourth-order valence-corrected chi connectivity index (χ4v) is 5.43. The van der Waals surface area contributed by atoms with Gasteiger partial charge >= 0.3 is 0 Å². The molecule has 5 aromatic rings. The van der Waals surface area contributed by atoms with Gasteiger partial charge in [-0.1, -0.05) is 99.4 Å². The van der Waals surface area contributed by atoms with E-state index in [1.165, 1.54) is 0 Å². The first-order valence-electron chi connectivity index (χ1n) is 18.1. The summed E-state index contributed by atoms with van der Waals surface area (Å²) in [5.41, 5.74) is 4.57. The molecule has 0 saturated heterocycles. The third-order valence-electron chi connectivity index (χ3n) is 7.29. The normalized spacial score (nSPS) is 16.5. The molecule has 3 heteroatoms. The largest absolute Gasteiger partial charge is 0.508 e. The minimum atomic E-state index is -0.544. The summed E-state index contributed by atoms with van der Waals surface area (Å²) in [7, 11) is 0. The van der Waals surface area contributed by atoms with Crippen LogP contribution < -0.4 is 9.80 Å². The summed E-state index contributed by atoms with van der Waals surface area (Å²) >= 11 is 0. The molecule has 6 rings (SSSR count). The van der Waals surface area contributed by atoms with Gasteiger partial charge in [-0.25, -0.2) is 0 Å². The SMILES string of the molecule is [2H]c1c([2H])c([2H])c(-c2c(C)cc(C)c(-c3c([2H])c([2H])c([2H])c([2H])c3[2H])c2N2CN(c3cc(O)cc(C(C)(C)C)c3)c3ccccc32)c([2H])c1[2H]. The van der Waals surface area contributed by atoms with E-state index in [0.29, 0.717) is 28.2 Å². The highest BCUT2D eigenvalue weighted by molar-refractivity contribution is 6.00. The maximum Gasteiger partial charge on any atom is 0.117 e. The number of para-hydroxylation sites is 2. The Morgan fingerprint density at radius 3 is 1.75 bits per heavy atom. The van der Waals surface area contributed by atoms with Crippen LogP contribution in [0.4, 0.5) is 22.7 Å². The predicted molar refractivity (Wildman–Crippen MR) is 169 cm³/mol. The lowest BCUT2D eigenvalue weighted by Gasteiger charge is -2.30. The first-order chi connectivity index (χ1) is 23.4. The van der Waals surface area contributed by atoms with Crippen molar-refractivity contribution >= 4 is 22.7 Å². The fourth-order valence-electron chi connectivity index (χ4n) is 5.43. The summed E-state index contributed by atoms with van der Waals surface area (Å²) in [4.78, 5) is 3.88. The van der Waals surface area contributed by atoms with Crippen LogP contribution in [0, 0.1) is 13.8 Å². The molecule has 0 unspecified atom stereocenters. The second-order valence-electron chi connectivity index (χ2n) is 11.1. The zero-order chi connectivity index (χ0) is 36.7. The Balaban J connectivity index is 1.77. The molecular formula is C37H36N2O. The second-order valence-corrected chi connectivity index (χ2v) is 11.1. The van der Waals surface area contributed by atoms with E-state index in [1.54, 1.807) is 32.0 Å². The Morgan fingerprint density at radius 2 is 1.23 bits per heavy atom. The molecule has 0 spiro atoms. The standard InChI is InChI=1S/C37H36N2O/c1-25-20-26(2)35(28-16-10-7-11-17-28)36(34(25)27-14-8-6-9-15-27)39-24-38(32-18-12-13-19-33(32)39)30-21-29(37(3,4)5)22-31(40)23-30/h6-23,40H,24H2,1-5H3/i6D,7D,8D,9D,10D,11D,14D,15D,16D,17D. The fraction of sp³-hybridized carbons (Fsp3) is 0.189. The molecule has 3 nitrogen and oxygen atoms in total. The lowest BCUT2D eigenvalue weighted by molar-refractivity contribution is 0.471. The Kier molecular flexibility index (Phi) is 4.11. The van der Waals surface area contributed by atoms with Gasteiger partial charge in [-0.2, -0.15) is 0 Å². The van der Waals surface area contributed by atoms with Gasteiger partial charge in [-0.15, -0.1) is 0 Å². The topological polar surface area (TPSA) is 26.7 Å². The van der Waals surface area contributed by atoms with Crippen molar-refractivity contribution in [2.45, 2.75) is 40.0 Å². The minimum absolute atomic E-state index is 0.0691. The van der Waals surface area contributed by atoms with Crippen molar-refractivity contribution in [1.82, 2.24) is 0 Å². The molecule has 0 atom stereocenters. The van der Waals surface area contributed by atoms with Gasteiger partial charge in [-0.3, -0.25) is 0 Å². The number of rotatable bonds is 4. The average molecular weight is 535 g/mol. The van der Waals surface area contributed by atoms with Crippen LogP contribution in [-0.4, -0.2) is 11.8 Å². The number of benzene rings is 5. The van der Waals surface area contributed by atoms with Crippen LogP contribution in [-0.2, 0) is 5.41 Å². The third-order valence-corrected chi connectivity index (χ3v) is 7.29. The predicted octanol–water partition coefficient (Wildman–Crippen LogP) is 9.89. The zero-order valence-corrected chi connectivity index (χ0v) is 23.2. The van der Waals surface area contributed by atoms with E-state index in [4.69, 9.17) is 13.7 Å². The molecule has 40 heavy (non-hydrogen) atoms. The lowest BCUT2D eigenvalue weighted by Crippen LogP contribution is -2.25. The summed E-state index contributed by atoms with van der Waals surface area (Å²) in [6.07, 6.45) is 0. The van der Waals surface area contributed by atoms with Gasteiger partial charge in [-0.05, 0) is 71.3 Å². The van der Waals surface area contributed by atoms with Crippen molar-refractivity contribution < 1.29 is 18.8 Å². The van der Waals surface area contributed by atoms with E-state index in [0.717, 1.165) is 11.3 Å². The molecule has 0 aliphatic carbocycles. The monoisotopic (exact) mass is 534 g/mol. The molecule has 0 fully saturated rings. The number of fused-ring (bicyclic) bond motifs is 1. The number of aromatic hydroxyl groups is 1. The Morgan fingerprint density at radius 1 is 0.700 bits per heavy atom. The Hall–Kier alpha value is -4.50. The number of phenols is 1. The summed E-state index contributed by atoms with van der Waals surface area (Å²) in [6, 6.07) is 9.75. The van der Waals surface area contributed by atoms with E-state index >= 15 is 0 Å². The molecule has 1 aliphatic heterocycles. The van der Waals surface area contributed by atoms with Crippen LogP contribution in [0.25, 0.3) is 22.3 Å². The number of hydrogen-bond acceptors (Lipinski definition) is 3. The molecular weight excluding hydrogens is 488 g/mol. The molecule has 0 radical (unpaired) electrons. The van der Waals surface area contributed by atoms with Crippen molar-refractivity contribution in [3.8, 4) is 28.0 Å². The molecule has 1 N–H and O–H groups in total. The van der Waals surface area contributed by atoms with Gasteiger partial charge in [0.1, 0.15) is 12.4 Å². The molecule has 0 aromatic heterocycles. The third kappa shape index (κ3) is 4.52. The van der Waals surface area contributed by atoms with Crippen LogP contribution in [0.3, 0.4) is 0 Å². The Labute approximate surface area is 252 Å². The zero-order valence-electron chi connectivity index (χ0n) is 33.2. The molecule has 1 aliphatic rings. The first kappa shape index (κ1) is 16.6. The molecule has 0 bridgehead atoms. The quantitative estimate of drug-likeness (QED) is 0.248. The van der Waals surface area contributed by atoms with Crippen molar-refractivity contribution in [1.29, 1.82) is 0 Å². The number of nitrogens with zero attached hydrogens (tertiary/aromatic N) is 2. The Bertz CT molecular complexity index is 2090. The van der Waals surface area contributed by atoms with Gasteiger partial charge < -0.3 is 14.9 Å². The van der Waals surface area contributed by atoms with Gasteiger partial charge in [0, 0.05) is 22.9 Å². The van der Waals surface area contributed by atoms with Crippen LogP contribution in [0.1, 0.15) is 51.2 Å². The molecule has 1 heterocycles. The highest BCUT2D eigenvalue weighted by Gasteiger charge is 2.33. The second kappa shape index (κ2) is 9.91. The summed E-state index contributed by atoms with van der Waals surface area (Å²) in [5, 5.41) is 10.9. The maximum absolute atomic E-state index is 10.9. The molecule has 200 valence electrons. The number of anilines is 4. The van der Waals surface area contributed by atoms with E-state index in [1.807, 2.05) is 60.9 Å². The van der Waals surface area contributed by atoms with Crippen LogP contribution >= 0.6 is 0 Å². The van der Waals surface area contributed by atoms with E-state index in [2.05, 4.69) is 0 Å². The summed E-state index contributed by atoms with van der Waals surface area (Å²) in [5.74, 6) is 0.0781. The first-order valence-corrected chi connectivity index (χ1v) is 13.1. The molecule has 0 amide bonds. The summed E-state index contributed by atoms with van der Waals surface area (Å²) in [6.45, 7) is 9.79. The number of aryl methyl sites for hydroxylation is 2. The molecule has 5 aromatic carbocycles. The van der Waals surface area contributed by atoms with Gasteiger partial charge in [0.2, 0.25) is 0 Å². The summed E-state index contributed by atoms with van der Waals surface area (Å²) < 4.78 is 86.5. The highest BCUT2D eigenvalue weighted by Crippen LogP contribution is 2.52. The van der Waals surface area contributed by atoms with Gasteiger partial charge in [0.15, 0.2) is 0 Å². The van der Waals surface area contributed by atoms with Crippen LogP contribution in [0.2, 0.25) is 0 Å². The van der Waals surface area contributed by atoms with E-state index < -0.39 is 60.4 Å². The highest BCUT2D eigenvalue weighted by atomic mass is 16.3.